The predicted octanol–water partition coefficient (Wildman–Crippen LogP) is 3.83. The number of hydrogen-bond donors (Lipinski definition) is 2. The van der Waals surface area contributed by atoms with Crippen LogP contribution >= 0.6 is 0 Å². The van der Waals surface area contributed by atoms with Crippen LogP contribution in [0, 0.1) is 0 Å². The fourth-order valence-corrected chi connectivity index (χ4v) is 6.10. The van der Waals surface area contributed by atoms with Gasteiger partial charge in [-0.15, -0.1) is 0 Å². The van der Waals surface area contributed by atoms with Crippen molar-refractivity contribution in [1.82, 2.24) is 19.4 Å². The van der Waals surface area contributed by atoms with E-state index >= 15 is 0 Å². The van der Waals surface area contributed by atoms with E-state index in [1.165, 1.54) is 0 Å². The first-order chi connectivity index (χ1) is 18.4. The topological polar surface area (TPSA) is 105 Å². The Morgan fingerprint density at radius 1 is 1.00 bits per heavy atom. The molecule has 0 amide bonds. The standard InChI is InChI=1S/C27H31N7O3S/c1-32-12-14-33(15-13-32)24-9-6-20(17-25(24)37-2)29-27-28-18-19-10-11-34(26(19)30-27)22-5-3-4-21(16-22)31-38(35,36)23-7-8-23/h3-6,9-11,16-18,23,31H,7-8,12-15H2,1-2H3,(H,28,29,30). The predicted molar refractivity (Wildman–Crippen MR) is 150 cm³/mol. The highest BCUT2D eigenvalue weighted by Crippen LogP contribution is 2.33. The second-order valence-corrected chi connectivity index (χ2v) is 11.8. The first-order valence-electron chi connectivity index (χ1n) is 12.7. The van der Waals surface area contributed by atoms with Crippen LogP contribution < -0.4 is 19.7 Å². The van der Waals surface area contributed by atoms with Crippen LogP contribution in [0.1, 0.15) is 12.8 Å². The van der Waals surface area contributed by atoms with Gasteiger partial charge in [-0.05, 0) is 56.3 Å². The van der Waals surface area contributed by atoms with Crippen molar-refractivity contribution in [2.75, 3.05) is 55.3 Å². The van der Waals surface area contributed by atoms with E-state index in [4.69, 9.17) is 9.72 Å². The molecule has 1 saturated heterocycles. The van der Waals surface area contributed by atoms with E-state index in [1.54, 1.807) is 19.4 Å². The quantitative estimate of drug-likeness (QED) is 0.352. The molecule has 0 radical (unpaired) electrons. The van der Waals surface area contributed by atoms with Gasteiger partial charge in [0, 0.05) is 61.4 Å². The molecule has 6 rings (SSSR count). The molecule has 2 aromatic carbocycles. The first-order valence-corrected chi connectivity index (χ1v) is 14.3. The van der Waals surface area contributed by atoms with E-state index in [-0.39, 0.29) is 5.25 Å². The number of likely N-dealkylation sites (N-methyl/N-ethyl adjacent to an activating group) is 1. The van der Waals surface area contributed by atoms with Crippen LogP contribution in [0.15, 0.2) is 60.9 Å². The zero-order valence-corrected chi connectivity index (χ0v) is 22.3. The molecule has 3 heterocycles. The van der Waals surface area contributed by atoms with Gasteiger partial charge in [-0.2, -0.15) is 4.98 Å². The summed E-state index contributed by atoms with van der Waals surface area (Å²) in [7, 11) is 0.490. The minimum atomic E-state index is -3.34. The number of methoxy groups -OCH3 is 1. The zero-order chi connectivity index (χ0) is 26.3. The van der Waals surface area contributed by atoms with E-state index < -0.39 is 10.0 Å². The fourth-order valence-electron chi connectivity index (χ4n) is 4.72. The second kappa shape index (κ2) is 9.80. The molecule has 0 unspecified atom stereocenters. The minimum Gasteiger partial charge on any atom is -0.495 e. The summed E-state index contributed by atoms with van der Waals surface area (Å²) in [5.41, 5.74) is 3.96. The molecular weight excluding hydrogens is 502 g/mol. The third kappa shape index (κ3) is 4.99. The highest BCUT2D eigenvalue weighted by Gasteiger charge is 2.35. The Balaban J connectivity index is 1.25. The number of nitrogens with zero attached hydrogens (tertiary/aromatic N) is 5. The SMILES string of the molecule is COc1cc(Nc2ncc3ccn(-c4cccc(NS(=O)(=O)C5CC5)c4)c3n2)ccc1N1CCN(C)CC1. The van der Waals surface area contributed by atoms with Crippen molar-refractivity contribution >= 4 is 44.1 Å². The van der Waals surface area contributed by atoms with Crippen molar-refractivity contribution < 1.29 is 13.2 Å². The average molecular weight is 534 g/mol. The Kier molecular flexibility index (Phi) is 6.32. The van der Waals surface area contributed by atoms with Gasteiger partial charge in [0.2, 0.25) is 16.0 Å². The Morgan fingerprint density at radius 2 is 1.82 bits per heavy atom. The van der Waals surface area contributed by atoms with Crippen LogP contribution in [0.2, 0.25) is 0 Å². The molecule has 198 valence electrons. The van der Waals surface area contributed by atoms with Gasteiger partial charge in [0.15, 0.2) is 0 Å². The van der Waals surface area contributed by atoms with E-state index in [0.717, 1.165) is 54.4 Å². The molecule has 4 aromatic rings. The van der Waals surface area contributed by atoms with Crippen molar-refractivity contribution in [3.63, 3.8) is 0 Å². The van der Waals surface area contributed by atoms with Crippen molar-refractivity contribution in [2.24, 2.45) is 0 Å². The molecule has 10 nitrogen and oxygen atoms in total. The summed E-state index contributed by atoms with van der Waals surface area (Å²) in [5.74, 6) is 1.26. The minimum absolute atomic E-state index is 0.283. The van der Waals surface area contributed by atoms with Crippen LogP contribution in [0.25, 0.3) is 16.7 Å². The molecule has 1 saturated carbocycles. The number of piperazine rings is 1. The zero-order valence-electron chi connectivity index (χ0n) is 21.5. The summed E-state index contributed by atoms with van der Waals surface area (Å²) >= 11 is 0. The Labute approximate surface area is 222 Å². The average Bonchev–Trinajstić information content (AvgIpc) is 3.70. The molecule has 0 atom stereocenters. The number of hydrogen-bond acceptors (Lipinski definition) is 8. The van der Waals surface area contributed by atoms with Gasteiger partial charge in [0.05, 0.1) is 23.7 Å². The summed E-state index contributed by atoms with van der Waals surface area (Å²) in [6.45, 7) is 3.96. The lowest BCUT2D eigenvalue weighted by atomic mass is 10.2. The molecule has 1 aliphatic heterocycles. The van der Waals surface area contributed by atoms with Gasteiger partial charge in [0.25, 0.3) is 0 Å². The van der Waals surface area contributed by atoms with Crippen molar-refractivity contribution in [2.45, 2.75) is 18.1 Å². The number of nitrogens with one attached hydrogen (secondary N) is 2. The fraction of sp³-hybridized carbons (Fsp3) is 0.333. The molecule has 2 aromatic heterocycles. The number of sulfonamides is 1. The van der Waals surface area contributed by atoms with Crippen LogP contribution in [-0.4, -0.2) is 73.4 Å². The van der Waals surface area contributed by atoms with E-state index in [2.05, 4.69) is 37.9 Å². The maximum absolute atomic E-state index is 12.4. The molecular formula is C27H31N7O3S. The van der Waals surface area contributed by atoms with Gasteiger partial charge < -0.3 is 24.4 Å². The Bertz CT molecular complexity index is 1570. The molecule has 38 heavy (non-hydrogen) atoms. The van der Waals surface area contributed by atoms with Crippen molar-refractivity contribution in [3.8, 4) is 11.4 Å². The first kappa shape index (κ1) is 24.5. The third-order valence-corrected chi connectivity index (χ3v) is 8.92. The van der Waals surface area contributed by atoms with Crippen LogP contribution in [0.5, 0.6) is 5.75 Å². The van der Waals surface area contributed by atoms with Crippen molar-refractivity contribution in [3.05, 3.63) is 60.9 Å². The lowest BCUT2D eigenvalue weighted by Crippen LogP contribution is -2.44. The largest absolute Gasteiger partial charge is 0.495 e. The molecule has 0 spiro atoms. The highest BCUT2D eigenvalue weighted by molar-refractivity contribution is 7.93. The second-order valence-electron chi connectivity index (χ2n) is 9.86. The summed E-state index contributed by atoms with van der Waals surface area (Å²) < 4.78 is 35.2. The van der Waals surface area contributed by atoms with E-state index in [0.29, 0.717) is 30.1 Å². The monoisotopic (exact) mass is 533 g/mol. The van der Waals surface area contributed by atoms with E-state index in [9.17, 15) is 8.42 Å². The molecule has 0 bridgehead atoms. The number of ether oxygens (including phenoxy) is 1. The number of anilines is 4. The highest BCUT2D eigenvalue weighted by atomic mass is 32.2. The molecule has 2 fully saturated rings. The lowest BCUT2D eigenvalue weighted by Gasteiger charge is -2.34. The summed E-state index contributed by atoms with van der Waals surface area (Å²) in [6, 6.07) is 15.3. The Morgan fingerprint density at radius 3 is 2.58 bits per heavy atom. The van der Waals surface area contributed by atoms with E-state index in [1.807, 2.05) is 47.2 Å². The summed E-state index contributed by atoms with van der Waals surface area (Å²) in [4.78, 5) is 13.9. The van der Waals surface area contributed by atoms with Gasteiger partial charge >= 0.3 is 0 Å². The number of fused-ring (bicyclic) bond motifs is 1. The third-order valence-electron chi connectivity index (χ3n) is 7.05. The van der Waals surface area contributed by atoms with Crippen LogP contribution in [0.4, 0.5) is 23.0 Å². The summed E-state index contributed by atoms with van der Waals surface area (Å²) in [5, 5.41) is 3.90. The number of benzene rings is 2. The van der Waals surface area contributed by atoms with Crippen LogP contribution in [-0.2, 0) is 10.0 Å². The van der Waals surface area contributed by atoms with Crippen LogP contribution in [0.3, 0.4) is 0 Å². The molecule has 1 aliphatic carbocycles. The summed E-state index contributed by atoms with van der Waals surface area (Å²) in [6.07, 6.45) is 5.12. The van der Waals surface area contributed by atoms with Crippen molar-refractivity contribution in [1.29, 1.82) is 0 Å². The number of aromatic nitrogens is 3. The molecule has 11 heteroatoms. The van der Waals surface area contributed by atoms with Gasteiger partial charge in [-0.3, -0.25) is 4.72 Å². The Hall–Kier alpha value is -3.83. The smallest absolute Gasteiger partial charge is 0.235 e. The van der Waals surface area contributed by atoms with Gasteiger partial charge in [-0.25, -0.2) is 13.4 Å². The lowest BCUT2D eigenvalue weighted by molar-refractivity contribution is 0.311. The van der Waals surface area contributed by atoms with Gasteiger partial charge in [0.1, 0.15) is 11.4 Å². The van der Waals surface area contributed by atoms with Gasteiger partial charge in [-0.1, -0.05) is 6.07 Å². The molecule has 2 N–H and O–H groups in total. The number of rotatable bonds is 8. The normalized spacial score (nSPS) is 16.5. The maximum atomic E-state index is 12.4. The molecule has 2 aliphatic rings. The maximum Gasteiger partial charge on any atom is 0.235 e.